The van der Waals surface area contributed by atoms with E-state index in [9.17, 15) is 0 Å². The maximum atomic E-state index is 16.2. The van der Waals surface area contributed by atoms with Gasteiger partial charge in [-0.15, -0.1) is 0 Å². The first kappa shape index (κ1) is 36.6. The van der Waals surface area contributed by atoms with Gasteiger partial charge in [-0.25, -0.2) is 0 Å². The fourth-order valence-electron chi connectivity index (χ4n) is 9.23. The molecule has 0 aromatic heterocycles. The molecule has 4 nitrogen and oxygen atoms in total. The summed E-state index contributed by atoms with van der Waals surface area (Å²) in [5.41, 5.74) is 4.09. The summed E-state index contributed by atoms with van der Waals surface area (Å²) in [5, 5.41) is 0. The number of rotatable bonds is 10. The molecule has 278 valence electrons. The van der Waals surface area contributed by atoms with Crippen LogP contribution in [0.15, 0.2) is 225 Å². The summed E-state index contributed by atoms with van der Waals surface area (Å²) in [6.45, 7) is 0. The third-order valence-electron chi connectivity index (χ3n) is 11.8. The van der Waals surface area contributed by atoms with Crippen molar-refractivity contribution in [3.63, 3.8) is 0 Å². The van der Waals surface area contributed by atoms with E-state index in [1.165, 1.54) is 0 Å². The average Bonchev–Trinajstić information content (AvgIpc) is 3.95. The van der Waals surface area contributed by atoms with Crippen LogP contribution < -0.4 is 0 Å². The second-order valence-electron chi connectivity index (χ2n) is 14.8. The van der Waals surface area contributed by atoms with Crippen molar-refractivity contribution in [2.24, 2.45) is 0 Å². The molecule has 5 heteroatoms. The van der Waals surface area contributed by atoms with E-state index in [-0.39, 0.29) is 0 Å². The van der Waals surface area contributed by atoms with E-state index in [4.69, 9.17) is 6.64 Å². The van der Waals surface area contributed by atoms with Gasteiger partial charge in [0.1, 0.15) is 0 Å². The predicted octanol–water partition coefficient (Wildman–Crippen LogP) is 11.3. The molecule has 57 heavy (non-hydrogen) atoms. The van der Waals surface area contributed by atoms with Crippen LogP contribution in [0.1, 0.15) is 59.1 Å². The summed E-state index contributed by atoms with van der Waals surface area (Å²) in [6.07, 6.45) is 11.2. The molecule has 1 aliphatic heterocycles. The Morgan fingerprint density at radius 1 is 0.386 bits per heavy atom. The second kappa shape index (κ2) is 15.5. The average molecular weight is 779 g/mol. The van der Waals surface area contributed by atoms with E-state index in [1.54, 1.807) is 0 Å². The molecule has 9 rings (SSSR count). The molecule has 1 heterocycles. The van der Waals surface area contributed by atoms with Crippen molar-refractivity contribution in [1.82, 2.24) is 0 Å². The fraction of sp³-hybridized carbons (Fsp3) is 0.115. The van der Waals surface area contributed by atoms with E-state index in [1.807, 2.05) is 182 Å². The van der Waals surface area contributed by atoms with Gasteiger partial charge in [0.15, 0.2) is 0 Å². The van der Waals surface area contributed by atoms with Gasteiger partial charge in [0.05, 0.1) is 0 Å². The van der Waals surface area contributed by atoms with Gasteiger partial charge >= 0.3 is 341 Å². The van der Waals surface area contributed by atoms with Gasteiger partial charge in [-0.05, 0) is 0 Å². The standard InChI is InChI=1S/2C20H16O2.C12H12.Ti/c2*21-19(22)20(16-10-4-1-5-11-16,17-12-6-2-7-13-17)18-14-8-3-9-15-18;1-2-6-11(5-1)9-10-12-7-3-4-8-12;/h2*1-15H,(H,21,22);1,3,5,7H,2,4,9-10H2;/q;;;+2/p-2. The van der Waals surface area contributed by atoms with E-state index in [0.29, 0.717) is 12.8 Å². The van der Waals surface area contributed by atoms with Crippen LogP contribution in [0.25, 0.3) is 0 Å². The van der Waals surface area contributed by atoms with Crippen molar-refractivity contribution < 1.29 is 33.6 Å². The number of hydrogen-bond acceptors (Lipinski definition) is 4. The zero-order chi connectivity index (χ0) is 38.7. The number of allylic oxidation sites excluding steroid dienone is 8. The normalized spacial score (nSPS) is 15.8. The van der Waals surface area contributed by atoms with Crippen LogP contribution in [0, 0.1) is 0 Å². The van der Waals surface area contributed by atoms with Gasteiger partial charge < -0.3 is 0 Å². The molecule has 6 aromatic rings. The van der Waals surface area contributed by atoms with Crippen molar-refractivity contribution in [1.29, 1.82) is 0 Å². The van der Waals surface area contributed by atoms with E-state index in [0.717, 1.165) is 65.1 Å². The van der Waals surface area contributed by atoms with Crippen LogP contribution in [0.2, 0.25) is 0 Å². The Kier molecular flexibility index (Phi) is 9.92. The van der Waals surface area contributed by atoms with Crippen LogP contribution in [-0.2, 0) is 44.4 Å². The Hall–Kier alpha value is -6.07. The molecule has 0 amide bonds. The number of carbonyl (C=O) groups excluding carboxylic acids is 2. The summed E-state index contributed by atoms with van der Waals surface area (Å²) in [5.74, 6) is -0.911. The molecular weight excluding hydrogens is 736 g/mol. The molecule has 2 aliphatic carbocycles. The Morgan fingerprint density at radius 2 is 0.632 bits per heavy atom. The van der Waals surface area contributed by atoms with Gasteiger partial charge in [-0.3, -0.25) is 0 Å². The predicted molar refractivity (Wildman–Crippen MR) is 221 cm³/mol. The summed E-state index contributed by atoms with van der Waals surface area (Å²) in [6, 6.07) is 59.2. The summed E-state index contributed by atoms with van der Waals surface area (Å²) >= 11 is -5.02. The van der Waals surface area contributed by atoms with Crippen LogP contribution >= 0.6 is 0 Å². The summed E-state index contributed by atoms with van der Waals surface area (Å²) in [4.78, 5) is 32.4. The molecular formula is C52H42O4Ti. The third kappa shape index (κ3) is 6.12. The fourth-order valence-corrected chi connectivity index (χ4v) is 15.1. The topological polar surface area (TPSA) is 52.6 Å². The van der Waals surface area contributed by atoms with Crippen LogP contribution in [0.5, 0.6) is 0 Å². The molecule has 3 aliphatic rings. The van der Waals surface area contributed by atoms with Crippen molar-refractivity contribution in [2.75, 3.05) is 0 Å². The van der Waals surface area contributed by atoms with Crippen LogP contribution in [0.4, 0.5) is 0 Å². The summed E-state index contributed by atoms with van der Waals surface area (Å²) in [7, 11) is 0. The number of carbonyl (C=O) groups is 2. The van der Waals surface area contributed by atoms with Crippen LogP contribution in [0.3, 0.4) is 0 Å². The second-order valence-corrected chi connectivity index (χ2v) is 19.3. The Bertz CT molecular complexity index is 2150. The van der Waals surface area contributed by atoms with Crippen LogP contribution in [-0.4, -0.2) is 11.9 Å². The van der Waals surface area contributed by atoms with E-state index >= 15 is 9.59 Å². The maximum absolute atomic E-state index is 16.2. The molecule has 0 saturated heterocycles. The summed E-state index contributed by atoms with van der Waals surface area (Å²) < 4.78 is 16.9. The molecule has 0 bridgehead atoms. The van der Waals surface area contributed by atoms with Gasteiger partial charge in [0.25, 0.3) is 0 Å². The molecule has 0 spiro atoms. The quantitative estimate of drug-likeness (QED) is 0.103. The van der Waals surface area contributed by atoms with Crippen molar-refractivity contribution in [3.8, 4) is 0 Å². The molecule has 6 aromatic carbocycles. The van der Waals surface area contributed by atoms with Gasteiger partial charge in [-0.1, -0.05) is 0 Å². The number of benzene rings is 6. The first-order valence-electron chi connectivity index (χ1n) is 19.7. The minimum atomic E-state index is -5.02. The third-order valence-corrected chi connectivity index (χ3v) is 17.4. The van der Waals surface area contributed by atoms with Crippen molar-refractivity contribution >= 4 is 11.9 Å². The Labute approximate surface area is 338 Å². The SMILES string of the molecule is O=C([O][Ti]1([O]C(=O)C(c2ccccc2)(c2ccccc2)c2ccccc2)[C]2=C(C=CC2)CCC2=[C]1CC=C2)C(c1ccccc1)(c1ccccc1)c1ccccc1. The van der Waals surface area contributed by atoms with E-state index < -0.39 is 40.1 Å². The first-order valence-corrected chi connectivity index (χ1v) is 22.5. The number of hydrogen-bond donors (Lipinski definition) is 0. The molecule has 0 radical (unpaired) electrons. The molecule has 0 fully saturated rings. The molecule has 0 atom stereocenters. The zero-order valence-corrected chi connectivity index (χ0v) is 33.2. The molecule has 0 N–H and O–H groups in total. The monoisotopic (exact) mass is 778 g/mol. The Morgan fingerprint density at radius 3 is 0.877 bits per heavy atom. The van der Waals surface area contributed by atoms with Gasteiger partial charge in [0, 0.05) is 0 Å². The minimum absolute atomic E-state index is 0.456. The Balaban J connectivity index is 1.31. The van der Waals surface area contributed by atoms with Crippen molar-refractivity contribution in [2.45, 2.75) is 36.5 Å². The van der Waals surface area contributed by atoms with Gasteiger partial charge in [-0.2, -0.15) is 0 Å². The zero-order valence-electron chi connectivity index (χ0n) is 31.6. The molecule has 0 unspecified atom stereocenters. The van der Waals surface area contributed by atoms with E-state index in [2.05, 4.69) is 24.3 Å². The first-order chi connectivity index (χ1) is 28.1. The van der Waals surface area contributed by atoms with Crippen molar-refractivity contribution in [3.05, 3.63) is 259 Å². The molecule has 0 saturated carbocycles. The van der Waals surface area contributed by atoms with Gasteiger partial charge in [0.2, 0.25) is 0 Å².